The summed E-state index contributed by atoms with van der Waals surface area (Å²) in [4.78, 5) is 0. The highest BCUT2D eigenvalue weighted by atomic mass is 16.8. The molecule has 11 nitrogen and oxygen atoms in total. The van der Waals surface area contributed by atoms with Crippen LogP contribution in [-0.2, 0) is 53.0 Å². The molecule has 52 heavy (non-hydrogen) atoms. The minimum Gasteiger partial charge on any atom is -0.394 e. The van der Waals surface area contributed by atoms with E-state index in [0.29, 0.717) is 19.5 Å². The van der Waals surface area contributed by atoms with Crippen molar-refractivity contribution in [3.63, 3.8) is 0 Å². The third-order valence-corrected chi connectivity index (χ3v) is 10.2. The normalized spacial score (nSPS) is 31.5. The maximum Gasteiger partial charge on any atom is 0.187 e. The minimum absolute atomic E-state index is 0.149. The lowest BCUT2D eigenvalue weighted by Crippen LogP contribution is -2.65. The van der Waals surface area contributed by atoms with Crippen LogP contribution in [0.5, 0.6) is 0 Å². The van der Waals surface area contributed by atoms with E-state index in [9.17, 15) is 20.4 Å². The van der Waals surface area contributed by atoms with E-state index >= 15 is 0 Å². The number of hydrogen-bond acceptors (Lipinski definition) is 11. The Morgan fingerprint density at radius 2 is 1.21 bits per heavy atom. The van der Waals surface area contributed by atoms with Crippen molar-refractivity contribution >= 4 is 7.28 Å². The predicted octanol–water partition coefficient (Wildman–Crippen LogP) is 3.79. The topological polar surface area (TPSA) is 146 Å². The van der Waals surface area contributed by atoms with E-state index in [4.69, 9.17) is 33.2 Å². The molecule has 2 heterocycles. The molecule has 12 heteroatoms. The van der Waals surface area contributed by atoms with Crippen LogP contribution in [0.4, 0.5) is 0 Å². The van der Waals surface area contributed by atoms with Gasteiger partial charge in [-0.3, -0.25) is 0 Å². The summed E-state index contributed by atoms with van der Waals surface area (Å²) in [5, 5.41) is 42.3. The molecule has 1 saturated carbocycles. The molecular formula is C40H52BO11. The lowest BCUT2D eigenvalue weighted by atomic mass is 9.43. The second kappa shape index (κ2) is 19.0. The van der Waals surface area contributed by atoms with Crippen LogP contribution in [-0.4, -0.2) is 109 Å². The van der Waals surface area contributed by atoms with Crippen molar-refractivity contribution in [2.75, 3.05) is 19.8 Å². The molecule has 3 aliphatic rings. The second-order valence-electron chi connectivity index (χ2n) is 14.2. The largest absolute Gasteiger partial charge is 0.394 e. The number of ether oxygens (including phenoxy) is 7. The molecule has 2 saturated heterocycles. The maximum absolute atomic E-state index is 11.0. The standard InChI is InChI=1S/C40H52BO11/c1-40(18-11-19-40)41-20-21-47-39-37(52-38-34(45)33(44)32(43)30(22-42)50-38)36(49-25-29-16-9-4-10-17-29)35(48-24-28-14-7-3-8-15-28)31(51-39)26-46-23-27-12-5-2-6-13-27/h2-10,12-17,30-39,42-45H,11,18-26H2,1H3/t30?,31?,32-,33?,34?,35-,36?,37?,38-,39+/m1/s1. The first-order valence-electron chi connectivity index (χ1n) is 18.3. The Kier molecular flexibility index (Phi) is 14.3. The van der Waals surface area contributed by atoms with E-state index < -0.39 is 68.0 Å². The molecule has 6 rings (SSSR count). The summed E-state index contributed by atoms with van der Waals surface area (Å²) in [6.45, 7) is 2.91. The quantitative estimate of drug-likeness (QED) is 0.113. The Bertz CT molecular complexity index is 1450. The molecule has 10 atom stereocenters. The fourth-order valence-corrected chi connectivity index (χ4v) is 6.95. The van der Waals surface area contributed by atoms with Crippen LogP contribution in [0.3, 0.4) is 0 Å². The summed E-state index contributed by atoms with van der Waals surface area (Å²) in [6.07, 6.45) is -7.61. The highest BCUT2D eigenvalue weighted by molar-refractivity contribution is 6.40. The first-order valence-corrected chi connectivity index (χ1v) is 18.3. The number of aliphatic hydroxyl groups is 4. The van der Waals surface area contributed by atoms with Crippen molar-refractivity contribution in [1.29, 1.82) is 0 Å². The molecule has 6 unspecified atom stereocenters. The van der Waals surface area contributed by atoms with E-state index in [2.05, 4.69) is 14.2 Å². The molecule has 0 aromatic heterocycles. The molecule has 1 radical (unpaired) electrons. The van der Waals surface area contributed by atoms with Crippen LogP contribution < -0.4 is 0 Å². The summed E-state index contributed by atoms with van der Waals surface area (Å²) in [7, 11) is 2.29. The third-order valence-electron chi connectivity index (χ3n) is 10.2. The van der Waals surface area contributed by atoms with Gasteiger partial charge in [0.05, 0.1) is 33.0 Å². The second-order valence-corrected chi connectivity index (χ2v) is 14.2. The van der Waals surface area contributed by atoms with Crippen LogP contribution in [0.2, 0.25) is 11.6 Å². The summed E-state index contributed by atoms with van der Waals surface area (Å²) < 4.78 is 45.0. The average Bonchev–Trinajstić information content (AvgIpc) is 3.16. The molecule has 0 amide bonds. The average molecular weight is 720 g/mol. The van der Waals surface area contributed by atoms with Crippen molar-refractivity contribution in [2.45, 2.75) is 119 Å². The highest BCUT2D eigenvalue weighted by Gasteiger charge is 2.53. The Morgan fingerprint density at radius 3 is 1.77 bits per heavy atom. The van der Waals surface area contributed by atoms with E-state index in [1.807, 2.05) is 91.0 Å². The van der Waals surface area contributed by atoms with E-state index in [0.717, 1.165) is 29.5 Å². The van der Waals surface area contributed by atoms with Gasteiger partial charge in [0.15, 0.2) is 12.6 Å². The van der Waals surface area contributed by atoms with Gasteiger partial charge in [-0.2, -0.15) is 0 Å². The maximum atomic E-state index is 11.0. The molecule has 1 aliphatic carbocycles. The summed E-state index contributed by atoms with van der Waals surface area (Å²) >= 11 is 0. The molecule has 2 aliphatic heterocycles. The summed E-state index contributed by atoms with van der Waals surface area (Å²) in [6, 6.07) is 29.3. The van der Waals surface area contributed by atoms with Gasteiger partial charge in [0.1, 0.15) is 56.1 Å². The zero-order valence-corrected chi connectivity index (χ0v) is 29.7. The minimum atomic E-state index is -1.64. The van der Waals surface area contributed by atoms with Gasteiger partial charge in [-0.05, 0) is 16.7 Å². The lowest BCUT2D eigenvalue weighted by molar-refractivity contribution is -0.374. The molecule has 3 fully saturated rings. The van der Waals surface area contributed by atoms with Crippen molar-refractivity contribution in [1.82, 2.24) is 0 Å². The zero-order valence-electron chi connectivity index (χ0n) is 29.7. The molecule has 0 spiro atoms. The van der Waals surface area contributed by atoms with Gasteiger partial charge >= 0.3 is 0 Å². The SMILES string of the molecule is CC1([B]CCO[C@H]2OC(COCc3ccccc3)[C@@H](OCc3ccccc3)C(OCc3ccccc3)C2O[C@H]2OC(CO)[C@@H](O)C(O)C2O)CCC1. The van der Waals surface area contributed by atoms with Crippen molar-refractivity contribution < 1.29 is 53.6 Å². The Hall–Kier alpha value is -2.72. The van der Waals surface area contributed by atoms with Gasteiger partial charge in [-0.15, -0.1) is 0 Å². The van der Waals surface area contributed by atoms with Gasteiger partial charge in [0, 0.05) is 6.61 Å². The van der Waals surface area contributed by atoms with Crippen molar-refractivity contribution in [3.8, 4) is 0 Å². The fourth-order valence-electron chi connectivity index (χ4n) is 6.95. The molecule has 0 bridgehead atoms. The smallest absolute Gasteiger partial charge is 0.187 e. The van der Waals surface area contributed by atoms with E-state index in [1.54, 1.807) is 0 Å². The highest BCUT2D eigenvalue weighted by Crippen LogP contribution is 2.47. The molecule has 3 aromatic rings. The number of rotatable bonds is 18. The van der Waals surface area contributed by atoms with Crippen molar-refractivity contribution in [3.05, 3.63) is 108 Å². The lowest BCUT2D eigenvalue weighted by Gasteiger charge is -2.48. The van der Waals surface area contributed by atoms with Gasteiger partial charge < -0.3 is 53.6 Å². The van der Waals surface area contributed by atoms with Crippen LogP contribution >= 0.6 is 0 Å². The Labute approximate surface area is 307 Å². The monoisotopic (exact) mass is 719 g/mol. The fraction of sp³-hybridized carbons (Fsp3) is 0.550. The Balaban J connectivity index is 1.30. The first-order chi connectivity index (χ1) is 25.3. The van der Waals surface area contributed by atoms with Crippen LogP contribution in [0, 0.1) is 0 Å². The van der Waals surface area contributed by atoms with Gasteiger partial charge in [0.2, 0.25) is 0 Å². The van der Waals surface area contributed by atoms with E-state index in [-0.39, 0.29) is 25.1 Å². The van der Waals surface area contributed by atoms with Gasteiger partial charge in [-0.25, -0.2) is 0 Å². The van der Waals surface area contributed by atoms with Crippen LogP contribution in [0.25, 0.3) is 0 Å². The number of hydrogen-bond donors (Lipinski definition) is 4. The van der Waals surface area contributed by atoms with Crippen LogP contribution in [0.1, 0.15) is 42.9 Å². The summed E-state index contributed by atoms with van der Waals surface area (Å²) in [5.41, 5.74) is 2.87. The molecule has 3 aromatic carbocycles. The third kappa shape index (κ3) is 10.3. The van der Waals surface area contributed by atoms with Crippen molar-refractivity contribution in [2.24, 2.45) is 0 Å². The first kappa shape index (κ1) is 39.0. The Morgan fingerprint density at radius 1 is 0.654 bits per heavy atom. The molecule has 4 N–H and O–H groups in total. The van der Waals surface area contributed by atoms with Gasteiger partial charge in [0.25, 0.3) is 0 Å². The van der Waals surface area contributed by atoms with Gasteiger partial charge in [-0.1, -0.05) is 129 Å². The number of benzene rings is 3. The molecular weight excluding hydrogens is 667 g/mol. The molecule has 281 valence electrons. The zero-order chi connectivity index (χ0) is 36.3. The van der Waals surface area contributed by atoms with E-state index in [1.165, 1.54) is 6.42 Å². The number of aliphatic hydroxyl groups excluding tert-OH is 4. The van der Waals surface area contributed by atoms with Crippen LogP contribution in [0.15, 0.2) is 91.0 Å². The predicted molar refractivity (Wildman–Crippen MR) is 192 cm³/mol. The summed E-state index contributed by atoms with van der Waals surface area (Å²) in [5.74, 6) is 0.